The van der Waals surface area contributed by atoms with Crippen LogP contribution in [0.1, 0.15) is 51.9 Å². The highest BCUT2D eigenvalue weighted by atomic mass is 16.2. The molecule has 2 bridgehead atoms. The molecule has 1 amide bonds. The molecule has 4 aliphatic rings. The minimum Gasteiger partial charge on any atom is -0.353 e. The molecular weight excluding hydrogens is 222 g/mol. The first kappa shape index (κ1) is 11.3. The van der Waals surface area contributed by atoms with Crippen LogP contribution in [0.15, 0.2) is 0 Å². The Hall–Kier alpha value is -0.530. The van der Waals surface area contributed by atoms with E-state index in [0.29, 0.717) is 17.9 Å². The van der Waals surface area contributed by atoms with Crippen molar-refractivity contribution in [2.24, 2.45) is 35.5 Å². The second-order valence-electron chi connectivity index (χ2n) is 7.48. The number of fused-ring (bicyclic) bond motifs is 5. The second kappa shape index (κ2) is 3.98. The molecule has 2 heteroatoms. The number of rotatable bonds is 2. The molecule has 0 spiro atoms. The van der Waals surface area contributed by atoms with Crippen molar-refractivity contribution in [1.82, 2.24) is 5.32 Å². The van der Waals surface area contributed by atoms with Crippen molar-refractivity contribution in [3.8, 4) is 0 Å². The Balaban J connectivity index is 1.33. The van der Waals surface area contributed by atoms with Crippen LogP contribution in [0.3, 0.4) is 0 Å². The first-order chi connectivity index (χ1) is 8.74. The lowest BCUT2D eigenvalue weighted by atomic mass is 9.87. The summed E-state index contributed by atoms with van der Waals surface area (Å²) in [7, 11) is 0. The molecule has 100 valence electrons. The van der Waals surface area contributed by atoms with E-state index in [-0.39, 0.29) is 0 Å². The van der Waals surface area contributed by atoms with E-state index in [9.17, 15) is 4.79 Å². The van der Waals surface area contributed by atoms with E-state index in [0.717, 1.165) is 29.6 Å². The first-order valence-corrected chi connectivity index (χ1v) is 8.04. The van der Waals surface area contributed by atoms with Crippen LogP contribution >= 0.6 is 0 Å². The summed E-state index contributed by atoms with van der Waals surface area (Å²) in [6.45, 7) is 2.33. The van der Waals surface area contributed by atoms with Gasteiger partial charge in [-0.2, -0.15) is 0 Å². The van der Waals surface area contributed by atoms with Crippen molar-refractivity contribution in [1.29, 1.82) is 0 Å². The zero-order chi connectivity index (χ0) is 12.3. The molecule has 1 N–H and O–H groups in total. The lowest BCUT2D eigenvalue weighted by Crippen LogP contribution is -2.39. The maximum absolute atomic E-state index is 12.4. The van der Waals surface area contributed by atoms with Gasteiger partial charge in [-0.3, -0.25) is 4.79 Å². The molecule has 0 aromatic carbocycles. The van der Waals surface area contributed by atoms with E-state index in [1.54, 1.807) is 0 Å². The number of carbonyl (C=O) groups is 1. The second-order valence-corrected chi connectivity index (χ2v) is 7.48. The van der Waals surface area contributed by atoms with Gasteiger partial charge in [0, 0.05) is 12.0 Å². The van der Waals surface area contributed by atoms with Gasteiger partial charge in [0.25, 0.3) is 0 Å². The summed E-state index contributed by atoms with van der Waals surface area (Å²) in [4.78, 5) is 12.4. The summed E-state index contributed by atoms with van der Waals surface area (Å²) in [6, 6.07) is 0.493. The molecule has 4 aliphatic carbocycles. The van der Waals surface area contributed by atoms with Gasteiger partial charge in [0.05, 0.1) is 0 Å². The smallest absolute Gasteiger partial charge is 0.223 e. The highest BCUT2D eigenvalue weighted by molar-refractivity contribution is 5.83. The molecule has 4 atom stereocenters. The Morgan fingerprint density at radius 1 is 0.944 bits per heavy atom. The first-order valence-electron chi connectivity index (χ1n) is 8.04. The maximum atomic E-state index is 12.4. The zero-order valence-corrected chi connectivity index (χ0v) is 11.4. The molecule has 4 fully saturated rings. The van der Waals surface area contributed by atoms with Crippen molar-refractivity contribution < 1.29 is 4.79 Å². The minimum absolute atomic E-state index is 0.418. The number of carbonyl (C=O) groups excluding carboxylic acids is 1. The van der Waals surface area contributed by atoms with E-state index in [2.05, 4.69) is 12.2 Å². The van der Waals surface area contributed by atoms with Gasteiger partial charge in [0.1, 0.15) is 0 Å². The number of amides is 1. The van der Waals surface area contributed by atoms with E-state index in [1.807, 2.05) is 0 Å². The van der Waals surface area contributed by atoms with Gasteiger partial charge in [-0.15, -0.1) is 0 Å². The summed E-state index contributed by atoms with van der Waals surface area (Å²) in [5.74, 6) is 5.15. The molecule has 2 nitrogen and oxygen atoms in total. The van der Waals surface area contributed by atoms with Crippen LogP contribution in [0.25, 0.3) is 0 Å². The summed E-state index contributed by atoms with van der Waals surface area (Å²) in [5.41, 5.74) is 0. The van der Waals surface area contributed by atoms with Gasteiger partial charge >= 0.3 is 0 Å². The summed E-state index contributed by atoms with van der Waals surface area (Å²) < 4.78 is 0. The third-order valence-electron chi connectivity index (χ3n) is 6.40. The van der Waals surface area contributed by atoms with Crippen LogP contribution in [0.2, 0.25) is 0 Å². The van der Waals surface area contributed by atoms with E-state index in [1.165, 1.54) is 44.9 Å². The van der Waals surface area contributed by atoms with Crippen LogP contribution in [0, 0.1) is 35.5 Å². The standard InChI is InChI=1S/C16H25NO/c1-9-2-6-12(7-3-9)17-16(18)15-13-10-4-5-11(8-10)14(13)15/h9-15H,2-8H2,1H3,(H,17,18)/t9?,10-,11-,12?,13+,14+/m0/s1. The van der Waals surface area contributed by atoms with Gasteiger partial charge in [0.15, 0.2) is 0 Å². The fourth-order valence-corrected chi connectivity index (χ4v) is 5.38. The van der Waals surface area contributed by atoms with Crippen molar-refractivity contribution >= 4 is 5.91 Å². The van der Waals surface area contributed by atoms with Gasteiger partial charge in [0.2, 0.25) is 5.91 Å². The van der Waals surface area contributed by atoms with E-state index in [4.69, 9.17) is 0 Å². The van der Waals surface area contributed by atoms with Crippen molar-refractivity contribution in [2.75, 3.05) is 0 Å². The average Bonchev–Trinajstić information content (AvgIpc) is 2.82. The molecule has 0 aromatic heterocycles. The van der Waals surface area contributed by atoms with Crippen LogP contribution < -0.4 is 5.32 Å². The highest BCUT2D eigenvalue weighted by Gasteiger charge is 2.67. The number of hydrogen-bond acceptors (Lipinski definition) is 1. The third kappa shape index (κ3) is 1.64. The van der Waals surface area contributed by atoms with Crippen LogP contribution in [-0.2, 0) is 4.79 Å². The highest BCUT2D eigenvalue weighted by Crippen LogP contribution is 2.69. The van der Waals surface area contributed by atoms with E-state index >= 15 is 0 Å². The molecule has 4 rings (SSSR count). The zero-order valence-electron chi connectivity index (χ0n) is 11.4. The summed E-state index contributed by atoms with van der Waals surface area (Å²) in [6.07, 6.45) is 9.29. The Morgan fingerprint density at radius 3 is 2.17 bits per heavy atom. The minimum atomic E-state index is 0.418. The molecule has 0 heterocycles. The lowest BCUT2D eigenvalue weighted by Gasteiger charge is -2.27. The van der Waals surface area contributed by atoms with Gasteiger partial charge < -0.3 is 5.32 Å². The fraction of sp³-hybridized carbons (Fsp3) is 0.938. The third-order valence-corrected chi connectivity index (χ3v) is 6.40. The largest absolute Gasteiger partial charge is 0.353 e. The maximum Gasteiger partial charge on any atom is 0.223 e. The van der Waals surface area contributed by atoms with Crippen LogP contribution in [0.5, 0.6) is 0 Å². The van der Waals surface area contributed by atoms with Gasteiger partial charge in [-0.25, -0.2) is 0 Å². The van der Waals surface area contributed by atoms with E-state index < -0.39 is 0 Å². The predicted molar refractivity (Wildman–Crippen MR) is 70.9 cm³/mol. The topological polar surface area (TPSA) is 29.1 Å². The molecule has 4 saturated carbocycles. The molecule has 0 radical (unpaired) electrons. The fourth-order valence-electron chi connectivity index (χ4n) is 5.38. The predicted octanol–water partition coefficient (Wildman–Crippen LogP) is 2.97. The number of hydrogen-bond donors (Lipinski definition) is 1. The average molecular weight is 247 g/mol. The molecule has 18 heavy (non-hydrogen) atoms. The van der Waals surface area contributed by atoms with Gasteiger partial charge in [-0.05, 0) is 74.5 Å². The van der Waals surface area contributed by atoms with Crippen LogP contribution in [0.4, 0.5) is 0 Å². The van der Waals surface area contributed by atoms with Crippen molar-refractivity contribution in [2.45, 2.75) is 57.9 Å². The number of nitrogens with one attached hydrogen (secondary N) is 1. The quantitative estimate of drug-likeness (QED) is 0.798. The molecule has 0 unspecified atom stereocenters. The molecular formula is C16H25NO. The molecule has 0 saturated heterocycles. The molecule has 0 aliphatic heterocycles. The van der Waals surface area contributed by atoms with Crippen LogP contribution in [-0.4, -0.2) is 11.9 Å². The Bertz CT molecular complexity index is 342. The summed E-state index contributed by atoms with van der Waals surface area (Å²) in [5, 5.41) is 3.36. The molecule has 0 aromatic rings. The monoisotopic (exact) mass is 247 g/mol. The lowest BCUT2D eigenvalue weighted by molar-refractivity contribution is -0.124. The Labute approximate surface area is 110 Å². The SMILES string of the molecule is CC1CCC(NC(=O)C2[C@@H]3[C@H]4CC[C@@H](C4)[C@@H]23)CC1. The van der Waals surface area contributed by atoms with Crippen molar-refractivity contribution in [3.63, 3.8) is 0 Å². The Morgan fingerprint density at radius 2 is 1.56 bits per heavy atom. The van der Waals surface area contributed by atoms with Crippen molar-refractivity contribution in [3.05, 3.63) is 0 Å². The summed E-state index contributed by atoms with van der Waals surface area (Å²) >= 11 is 0. The van der Waals surface area contributed by atoms with Gasteiger partial charge in [-0.1, -0.05) is 6.92 Å². The normalized spacial score (nSPS) is 53.1. The Kier molecular flexibility index (Phi) is 2.50.